The Morgan fingerprint density at radius 1 is 1.36 bits per heavy atom. The third-order valence-electron chi connectivity index (χ3n) is 3.86. The van der Waals surface area contributed by atoms with Crippen molar-refractivity contribution < 1.29 is 13.2 Å². The SMILES string of the molecule is CCCCCC(C)NC(=NC)NC1CCN(CC(F)(F)F)C1. The molecule has 0 amide bonds. The van der Waals surface area contributed by atoms with E-state index in [9.17, 15) is 13.2 Å². The van der Waals surface area contributed by atoms with Gasteiger partial charge in [-0.05, 0) is 19.8 Å². The van der Waals surface area contributed by atoms with E-state index in [1.807, 2.05) is 0 Å². The average Bonchev–Trinajstić information content (AvgIpc) is 2.83. The first-order chi connectivity index (χ1) is 10.3. The van der Waals surface area contributed by atoms with E-state index in [1.54, 1.807) is 7.05 Å². The Balaban J connectivity index is 2.32. The number of rotatable bonds is 7. The summed E-state index contributed by atoms with van der Waals surface area (Å²) >= 11 is 0. The van der Waals surface area contributed by atoms with E-state index in [0.29, 0.717) is 31.5 Å². The molecule has 4 nitrogen and oxygen atoms in total. The summed E-state index contributed by atoms with van der Waals surface area (Å²) in [4.78, 5) is 5.61. The average molecular weight is 322 g/mol. The monoisotopic (exact) mass is 322 g/mol. The minimum absolute atomic E-state index is 0.0244. The van der Waals surface area contributed by atoms with Crippen molar-refractivity contribution >= 4 is 5.96 Å². The predicted octanol–water partition coefficient (Wildman–Crippen LogP) is 2.76. The fourth-order valence-electron chi connectivity index (χ4n) is 2.72. The van der Waals surface area contributed by atoms with E-state index in [2.05, 4.69) is 29.5 Å². The molecule has 7 heteroatoms. The minimum atomic E-state index is -4.12. The Bertz CT molecular complexity index is 344. The van der Waals surface area contributed by atoms with Gasteiger partial charge in [-0.2, -0.15) is 13.2 Å². The number of likely N-dealkylation sites (tertiary alicyclic amines) is 1. The smallest absolute Gasteiger partial charge is 0.354 e. The Labute approximate surface area is 131 Å². The summed E-state index contributed by atoms with van der Waals surface area (Å²) in [7, 11) is 1.69. The zero-order valence-electron chi connectivity index (χ0n) is 13.8. The number of guanidine groups is 1. The van der Waals surface area contributed by atoms with Gasteiger partial charge in [-0.25, -0.2) is 0 Å². The molecule has 0 aromatic rings. The highest BCUT2D eigenvalue weighted by atomic mass is 19.4. The number of hydrogen-bond donors (Lipinski definition) is 2. The highest BCUT2D eigenvalue weighted by Crippen LogP contribution is 2.19. The second-order valence-electron chi connectivity index (χ2n) is 6.09. The number of hydrogen-bond acceptors (Lipinski definition) is 2. The number of aliphatic imine (C=N–C) groups is 1. The molecule has 0 bridgehead atoms. The summed E-state index contributed by atoms with van der Waals surface area (Å²) in [5, 5.41) is 6.55. The molecule has 0 radical (unpaired) electrons. The molecule has 1 aliphatic rings. The first kappa shape index (κ1) is 19.1. The molecule has 1 rings (SSSR count). The van der Waals surface area contributed by atoms with E-state index in [0.717, 1.165) is 6.42 Å². The van der Waals surface area contributed by atoms with Crippen LogP contribution >= 0.6 is 0 Å². The van der Waals surface area contributed by atoms with E-state index in [-0.39, 0.29) is 6.04 Å². The Kier molecular flexibility index (Phi) is 8.00. The Morgan fingerprint density at radius 3 is 2.68 bits per heavy atom. The van der Waals surface area contributed by atoms with Crippen LogP contribution in [-0.2, 0) is 0 Å². The van der Waals surface area contributed by atoms with Crippen LogP contribution in [0.2, 0.25) is 0 Å². The Hall–Kier alpha value is -0.980. The van der Waals surface area contributed by atoms with Gasteiger partial charge >= 0.3 is 6.18 Å². The van der Waals surface area contributed by atoms with Crippen LogP contribution in [0.1, 0.15) is 46.0 Å². The molecule has 22 heavy (non-hydrogen) atoms. The minimum Gasteiger partial charge on any atom is -0.354 e. The van der Waals surface area contributed by atoms with E-state index >= 15 is 0 Å². The summed E-state index contributed by atoms with van der Waals surface area (Å²) in [5.41, 5.74) is 0. The molecule has 0 saturated carbocycles. The number of alkyl halides is 3. The quantitative estimate of drug-likeness (QED) is 0.430. The van der Waals surface area contributed by atoms with Crippen molar-refractivity contribution in [1.29, 1.82) is 0 Å². The third kappa shape index (κ3) is 7.87. The second kappa shape index (κ2) is 9.22. The molecular formula is C15H29F3N4. The maximum Gasteiger partial charge on any atom is 0.401 e. The molecule has 2 atom stereocenters. The molecule has 1 aliphatic heterocycles. The van der Waals surface area contributed by atoms with Crippen molar-refractivity contribution in [3.63, 3.8) is 0 Å². The zero-order chi connectivity index (χ0) is 16.6. The van der Waals surface area contributed by atoms with Crippen LogP contribution in [-0.4, -0.2) is 55.8 Å². The summed E-state index contributed by atoms with van der Waals surface area (Å²) in [5.74, 6) is 0.683. The van der Waals surface area contributed by atoms with E-state index in [1.165, 1.54) is 24.2 Å². The van der Waals surface area contributed by atoms with Crippen LogP contribution in [0.25, 0.3) is 0 Å². The highest BCUT2D eigenvalue weighted by molar-refractivity contribution is 5.80. The summed E-state index contributed by atoms with van der Waals surface area (Å²) in [6.07, 6.45) is 1.23. The van der Waals surface area contributed by atoms with Crippen molar-refractivity contribution in [2.24, 2.45) is 4.99 Å². The van der Waals surface area contributed by atoms with Crippen molar-refractivity contribution in [3.8, 4) is 0 Å². The number of halogens is 3. The van der Waals surface area contributed by atoms with Gasteiger partial charge in [0.05, 0.1) is 6.54 Å². The topological polar surface area (TPSA) is 39.7 Å². The molecule has 2 N–H and O–H groups in total. The number of nitrogens with one attached hydrogen (secondary N) is 2. The maximum absolute atomic E-state index is 12.4. The fraction of sp³-hybridized carbons (Fsp3) is 0.933. The number of unbranched alkanes of at least 4 members (excludes halogenated alkanes) is 2. The normalized spacial score (nSPS) is 21.9. The van der Waals surface area contributed by atoms with Crippen LogP contribution < -0.4 is 10.6 Å². The summed E-state index contributed by atoms with van der Waals surface area (Å²) in [6.45, 7) is 4.33. The molecule has 1 heterocycles. The highest BCUT2D eigenvalue weighted by Gasteiger charge is 2.34. The van der Waals surface area contributed by atoms with Gasteiger partial charge in [0.15, 0.2) is 5.96 Å². The first-order valence-electron chi connectivity index (χ1n) is 8.13. The lowest BCUT2D eigenvalue weighted by molar-refractivity contribution is -0.143. The van der Waals surface area contributed by atoms with Gasteiger partial charge in [-0.1, -0.05) is 26.2 Å². The van der Waals surface area contributed by atoms with Crippen LogP contribution in [0.5, 0.6) is 0 Å². The van der Waals surface area contributed by atoms with Crippen molar-refractivity contribution in [2.45, 2.75) is 64.2 Å². The molecule has 0 aliphatic carbocycles. The van der Waals surface area contributed by atoms with Gasteiger partial charge in [-0.3, -0.25) is 9.89 Å². The van der Waals surface area contributed by atoms with Crippen LogP contribution in [0, 0.1) is 0 Å². The molecule has 1 fully saturated rings. The van der Waals surface area contributed by atoms with Crippen molar-refractivity contribution in [2.75, 3.05) is 26.7 Å². The molecule has 0 spiro atoms. The lowest BCUT2D eigenvalue weighted by Crippen LogP contribution is -2.47. The van der Waals surface area contributed by atoms with Gasteiger partial charge < -0.3 is 10.6 Å². The van der Waals surface area contributed by atoms with Crippen molar-refractivity contribution in [1.82, 2.24) is 15.5 Å². The van der Waals surface area contributed by atoms with Crippen LogP contribution in [0.3, 0.4) is 0 Å². The van der Waals surface area contributed by atoms with Crippen LogP contribution in [0.15, 0.2) is 4.99 Å². The fourth-order valence-corrected chi connectivity index (χ4v) is 2.72. The van der Waals surface area contributed by atoms with Crippen molar-refractivity contribution in [3.05, 3.63) is 0 Å². The molecule has 1 saturated heterocycles. The van der Waals surface area contributed by atoms with Gasteiger partial charge in [0, 0.05) is 32.2 Å². The standard InChI is InChI=1S/C15H29F3N4/c1-4-5-6-7-12(2)20-14(19-3)21-13-8-9-22(10-13)11-15(16,17)18/h12-13H,4-11H2,1-3H3,(H2,19,20,21). The Morgan fingerprint density at radius 2 is 2.09 bits per heavy atom. The van der Waals surface area contributed by atoms with Gasteiger partial charge in [0.2, 0.25) is 0 Å². The lowest BCUT2D eigenvalue weighted by atomic mass is 10.1. The molecule has 0 aromatic heterocycles. The van der Waals surface area contributed by atoms with Gasteiger partial charge in [-0.15, -0.1) is 0 Å². The molecule has 0 aromatic carbocycles. The van der Waals surface area contributed by atoms with Gasteiger partial charge in [0.25, 0.3) is 0 Å². The predicted molar refractivity (Wildman–Crippen MR) is 84.1 cm³/mol. The summed E-state index contributed by atoms with van der Waals surface area (Å²) in [6, 6.07) is 0.335. The zero-order valence-corrected chi connectivity index (χ0v) is 13.8. The molecule has 2 unspecified atom stereocenters. The van der Waals surface area contributed by atoms with Gasteiger partial charge in [0.1, 0.15) is 0 Å². The summed E-state index contributed by atoms with van der Waals surface area (Å²) < 4.78 is 37.2. The second-order valence-corrected chi connectivity index (χ2v) is 6.09. The first-order valence-corrected chi connectivity index (χ1v) is 8.13. The van der Waals surface area contributed by atoms with Crippen LogP contribution in [0.4, 0.5) is 13.2 Å². The molecule has 130 valence electrons. The largest absolute Gasteiger partial charge is 0.401 e. The van der Waals surface area contributed by atoms with E-state index in [4.69, 9.17) is 0 Å². The third-order valence-corrected chi connectivity index (χ3v) is 3.86. The van der Waals surface area contributed by atoms with E-state index < -0.39 is 12.7 Å². The maximum atomic E-state index is 12.4. The number of nitrogens with zero attached hydrogens (tertiary/aromatic N) is 2. The molecular weight excluding hydrogens is 293 g/mol. The lowest BCUT2D eigenvalue weighted by Gasteiger charge is -2.22.